The molecule has 0 aliphatic carbocycles. The number of ether oxygens (including phenoxy) is 2. The number of nitrogens with zero attached hydrogens (tertiary/aromatic N) is 3. The lowest BCUT2D eigenvalue weighted by Crippen LogP contribution is -2.40. The number of amides is 1. The van der Waals surface area contributed by atoms with Gasteiger partial charge in [0.25, 0.3) is 0 Å². The minimum atomic E-state index is -0.0754. The summed E-state index contributed by atoms with van der Waals surface area (Å²) in [4.78, 5) is 19.6. The van der Waals surface area contributed by atoms with Crippen LogP contribution in [0.25, 0.3) is 11.4 Å². The molecule has 8 heteroatoms. The lowest BCUT2D eigenvalue weighted by Gasteiger charge is -2.30. The van der Waals surface area contributed by atoms with Crippen LogP contribution in [-0.2, 0) is 11.3 Å². The molecule has 0 spiro atoms. The fraction of sp³-hybridized carbons (Fsp3) is 0.400. The molecule has 1 N–H and O–H groups in total. The molecule has 1 fully saturated rings. The van der Waals surface area contributed by atoms with E-state index in [-0.39, 0.29) is 11.8 Å². The second-order valence-corrected chi connectivity index (χ2v) is 8.44. The van der Waals surface area contributed by atoms with E-state index in [2.05, 4.69) is 27.3 Å². The largest absolute Gasteiger partial charge is 0.493 e. The number of anilines is 1. The van der Waals surface area contributed by atoms with Gasteiger partial charge in [-0.25, -0.2) is 0 Å². The van der Waals surface area contributed by atoms with Crippen molar-refractivity contribution in [2.24, 2.45) is 5.92 Å². The third-order valence-electron chi connectivity index (χ3n) is 6.12. The molecule has 4 rings (SSSR count). The minimum absolute atomic E-state index is 0.0551. The van der Waals surface area contributed by atoms with E-state index >= 15 is 0 Å². The van der Waals surface area contributed by atoms with Gasteiger partial charge in [0.2, 0.25) is 17.6 Å². The van der Waals surface area contributed by atoms with Crippen LogP contribution in [0.4, 0.5) is 5.69 Å². The molecule has 8 nitrogen and oxygen atoms in total. The Hall–Kier alpha value is -3.39. The summed E-state index contributed by atoms with van der Waals surface area (Å²) in [5.74, 6) is 2.24. The molecule has 1 aromatic heterocycles. The molecule has 3 aromatic rings. The predicted molar refractivity (Wildman–Crippen MR) is 125 cm³/mol. The smallest absolute Gasteiger partial charge is 0.241 e. The third-order valence-corrected chi connectivity index (χ3v) is 6.12. The van der Waals surface area contributed by atoms with E-state index in [1.54, 1.807) is 14.2 Å². The van der Waals surface area contributed by atoms with Gasteiger partial charge in [-0.05, 0) is 74.7 Å². The van der Waals surface area contributed by atoms with E-state index < -0.39 is 0 Å². The molecule has 174 valence electrons. The first-order chi connectivity index (χ1) is 16.0. The zero-order valence-electron chi connectivity index (χ0n) is 19.6. The normalized spacial score (nSPS) is 16.4. The molecule has 1 saturated heterocycles. The zero-order chi connectivity index (χ0) is 23.4. The topological polar surface area (TPSA) is 89.7 Å². The summed E-state index contributed by atoms with van der Waals surface area (Å²) in [6.45, 7) is 6.17. The van der Waals surface area contributed by atoms with Crippen LogP contribution in [0.3, 0.4) is 0 Å². The molecule has 0 saturated carbocycles. The summed E-state index contributed by atoms with van der Waals surface area (Å²) < 4.78 is 16.1. The standard InChI is InChI=1S/C25H30N4O4/c1-16-7-9-20(12-17(16)2)26-25(30)19-6-5-11-29(14-19)15-23-27-24(28-33-23)18-8-10-21(31-3)22(13-18)32-4/h7-10,12-13,19H,5-6,11,14-15H2,1-4H3,(H,26,30). The molecule has 0 radical (unpaired) electrons. The minimum Gasteiger partial charge on any atom is -0.493 e. The van der Waals surface area contributed by atoms with Crippen molar-refractivity contribution in [3.8, 4) is 22.9 Å². The monoisotopic (exact) mass is 450 g/mol. The predicted octanol–water partition coefficient (Wildman–Crippen LogP) is 4.22. The van der Waals surface area contributed by atoms with E-state index in [1.807, 2.05) is 43.3 Å². The van der Waals surface area contributed by atoms with Gasteiger partial charge in [0, 0.05) is 17.8 Å². The SMILES string of the molecule is COc1ccc(-c2noc(CN3CCCC(C(=O)Nc4ccc(C)c(C)c4)C3)n2)cc1OC. The second-order valence-electron chi connectivity index (χ2n) is 8.44. The van der Waals surface area contributed by atoms with Gasteiger partial charge in [-0.15, -0.1) is 0 Å². The van der Waals surface area contributed by atoms with Crippen molar-refractivity contribution >= 4 is 11.6 Å². The number of carbonyl (C=O) groups excluding carboxylic acids is 1. The van der Waals surface area contributed by atoms with Crippen molar-refractivity contribution in [3.63, 3.8) is 0 Å². The maximum Gasteiger partial charge on any atom is 0.241 e. The summed E-state index contributed by atoms with van der Waals surface area (Å²) in [6, 6.07) is 11.5. The number of hydrogen-bond acceptors (Lipinski definition) is 7. The number of nitrogens with one attached hydrogen (secondary N) is 1. The van der Waals surface area contributed by atoms with Crippen LogP contribution >= 0.6 is 0 Å². The van der Waals surface area contributed by atoms with Crippen molar-refractivity contribution in [1.82, 2.24) is 15.0 Å². The molecule has 1 amide bonds. The first-order valence-electron chi connectivity index (χ1n) is 11.1. The van der Waals surface area contributed by atoms with Crippen molar-refractivity contribution in [2.75, 3.05) is 32.6 Å². The molecule has 2 heterocycles. The highest BCUT2D eigenvalue weighted by atomic mass is 16.5. The number of aromatic nitrogens is 2. The molecule has 1 aliphatic rings. The van der Waals surface area contributed by atoms with Gasteiger partial charge in [0.15, 0.2) is 11.5 Å². The van der Waals surface area contributed by atoms with E-state index in [0.717, 1.165) is 30.6 Å². The Morgan fingerprint density at radius 3 is 2.70 bits per heavy atom. The molecule has 1 unspecified atom stereocenters. The molecule has 33 heavy (non-hydrogen) atoms. The Kier molecular flexibility index (Phi) is 6.93. The van der Waals surface area contributed by atoms with Crippen LogP contribution in [0.5, 0.6) is 11.5 Å². The first kappa shape index (κ1) is 22.8. The zero-order valence-corrected chi connectivity index (χ0v) is 19.6. The molecule has 1 aliphatic heterocycles. The van der Waals surface area contributed by atoms with E-state index in [0.29, 0.717) is 36.3 Å². The number of methoxy groups -OCH3 is 2. The molecular formula is C25H30N4O4. The van der Waals surface area contributed by atoms with E-state index in [9.17, 15) is 4.79 Å². The summed E-state index contributed by atoms with van der Waals surface area (Å²) in [7, 11) is 3.18. The summed E-state index contributed by atoms with van der Waals surface area (Å²) in [5.41, 5.74) is 4.01. The maximum absolute atomic E-state index is 12.9. The fourth-order valence-corrected chi connectivity index (χ4v) is 4.08. The molecular weight excluding hydrogens is 420 g/mol. The lowest BCUT2D eigenvalue weighted by atomic mass is 9.97. The van der Waals surface area contributed by atoms with E-state index in [1.165, 1.54) is 11.1 Å². The number of benzene rings is 2. The van der Waals surface area contributed by atoms with Crippen molar-refractivity contribution in [1.29, 1.82) is 0 Å². The van der Waals surface area contributed by atoms with Crippen LogP contribution in [0.1, 0.15) is 29.9 Å². The van der Waals surface area contributed by atoms with Gasteiger partial charge in [-0.1, -0.05) is 11.2 Å². The fourth-order valence-electron chi connectivity index (χ4n) is 4.08. The third kappa shape index (κ3) is 5.34. The van der Waals surface area contributed by atoms with Gasteiger partial charge in [-0.3, -0.25) is 9.69 Å². The number of carbonyl (C=O) groups is 1. The molecule has 1 atom stereocenters. The van der Waals surface area contributed by atoms with Gasteiger partial charge in [0.1, 0.15) is 0 Å². The number of aryl methyl sites for hydroxylation is 2. The Balaban J connectivity index is 1.38. The Morgan fingerprint density at radius 1 is 1.12 bits per heavy atom. The Morgan fingerprint density at radius 2 is 1.94 bits per heavy atom. The summed E-state index contributed by atoms with van der Waals surface area (Å²) >= 11 is 0. The number of likely N-dealkylation sites (tertiary alicyclic amines) is 1. The van der Waals surface area contributed by atoms with Crippen molar-refractivity contribution in [2.45, 2.75) is 33.2 Å². The Bertz CT molecular complexity index is 1130. The van der Waals surface area contributed by atoms with Gasteiger partial charge in [0.05, 0.1) is 26.7 Å². The van der Waals surface area contributed by atoms with Crippen molar-refractivity contribution in [3.05, 3.63) is 53.4 Å². The number of piperidine rings is 1. The van der Waals surface area contributed by atoms with Crippen LogP contribution in [0.15, 0.2) is 40.9 Å². The molecule has 0 bridgehead atoms. The highest BCUT2D eigenvalue weighted by Crippen LogP contribution is 2.31. The van der Waals surface area contributed by atoms with Gasteiger partial charge >= 0.3 is 0 Å². The average Bonchev–Trinajstić information content (AvgIpc) is 3.29. The lowest BCUT2D eigenvalue weighted by molar-refractivity contribution is -0.121. The molecule has 2 aromatic carbocycles. The highest BCUT2D eigenvalue weighted by Gasteiger charge is 2.27. The van der Waals surface area contributed by atoms with Gasteiger partial charge in [-0.2, -0.15) is 4.98 Å². The number of rotatable bonds is 7. The highest BCUT2D eigenvalue weighted by molar-refractivity contribution is 5.92. The average molecular weight is 451 g/mol. The van der Waals surface area contributed by atoms with Crippen molar-refractivity contribution < 1.29 is 18.8 Å². The summed E-state index contributed by atoms with van der Waals surface area (Å²) in [5, 5.41) is 7.19. The Labute approximate surface area is 193 Å². The van der Waals surface area contributed by atoms with Crippen LogP contribution in [0, 0.1) is 19.8 Å². The van der Waals surface area contributed by atoms with Gasteiger partial charge < -0.3 is 19.3 Å². The van der Waals surface area contributed by atoms with Crippen LogP contribution < -0.4 is 14.8 Å². The van der Waals surface area contributed by atoms with E-state index in [4.69, 9.17) is 14.0 Å². The summed E-state index contributed by atoms with van der Waals surface area (Å²) in [6.07, 6.45) is 1.82. The second kappa shape index (κ2) is 10.0. The van der Waals surface area contributed by atoms with Crippen LogP contribution in [-0.4, -0.2) is 48.3 Å². The quantitative estimate of drug-likeness (QED) is 0.576. The first-order valence-corrected chi connectivity index (χ1v) is 11.1. The van der Waals surface area contributed by atoms with Crippen LogP contribution in [0.2, 0.25) is 0 Å². The number of hydrogen-bond donors (Lipinski definition) is 1. The maximum atomic E-state index is 12.9.